The van der Waals surface area contributed by atoms with Gasteiger partial charge in [0, 0.05) is 12.1 Å². The van der Waals surface area contributed by atoms with E-state index in [-0.39, 0.29) is 43.2 Å². The van der Waals surface area contributed by atoms with Gasteiger partial charge in [0.05, 0.1) is 12.4 Å². The molecule has 18 heteroatoms. The number of nitrogens with one attached hydrogen (secondary N) is 4. The van der Waals surface area contributed by atoms with Crippen molar-refractivity contribution in [3.8, 4) is 0 Å². The van der Waals surface area contributed by atoms with E-state index in [1.165, 1.54) is 10.9 Å². The number of aromatic nitrogens is 4. The van der Waals surface area contributed by atoms with E-state index in [1.54, 1.807) is 54.6 Å². The summed E-state index contributed by atoms with van der Waals surface area (Å²) < 4.78 is 17.6. The Labute approximate surface area is 325 Å². The highest BCUT2D eigenvalue weighted by molar-refractivity contribution is 6.06. The van der Waals surface area contributed by atoms with Gasteiger partial charge in [-0.15, -0.1) is 0 Å². The second kappa shape index (κ2) is 19.1. The first-order valence-corrected chi connectivity index (χ1v) is 18.0. The van der Waals surface area contributed by atoms with Crippen molar-refractivity contribution < 1.29 is 48.4 Å². The van der Waals surface area contributed by atoms with E-state index in [2.05, 4.69) is 36.2 Å². The summed E-state index contributed by atoms with van der Waals surface area (Å²) in [6.45, 7) is 0.226. The number of benzene rings is 3. The summed E-state index contributed by atoms with van der Waals surface area (Å²) in [5.74, 6) is -2.69. The van der Waals surface area contributed by atoms with Crippen LogP contribution < -0.4 is 21.3 Å². The summed E-state index contributed by atoms with van der Waals surface area (Å²) >= 11 is 0. The maximum absolute atomic E-state index is 13.8. The van der Waals surface area contributed by atoms with Gasteiger partial charge >= 0.3 is 18.2 Å². The number of anilines is 1. The predicted octanol–water partition coefficient (Wildman–Crippen LogP) is 3.30. The van der Waals surface area contributed by atoms with E-state index in [0.717, 1.165) is 11.9 Å². The number of unbranched alkanes of at least 4 members (excludes halogenated alkanes) is 1. The zero-order valence-corrected chi connectivity index (χ0v) is 30.4. The van der Waals surface area contributed by atoms with Gasteiger partial charge in [0.25, 0.3) is 5.91 Å². The standard InChI is InChI=1S/C39H40N8O10/c48-30-28(31(37(51)52)57-36(30)47-23-43-29-32(41-22-42-33(29)47)46-34(49)26-16-8-3-9-17-26)45-35(50)27(44-39(54)56-21-25-14-6-2-7-15-25)18-10-11-19-40-38(53)55-20-24-12-4-1-5-13-24/h1-9,12-17,22-23,27-28,30-31,36,48H,10-11,18-21H2,(H,40,53)(H,44,54)(H,45,50)(H,51,52)(H,41,42,46,49)/t27-,28-,30+,31-,36+/m0/s1. The van der Waals surface area contributed by atoms with Crippen LogP contribution in [0.2, 0.25) is 0 Å². The Bertz CT molecular complexity index is 2160. The number of carboxylic acids is 1. The topological polar surface area (TPSA) is 245 Å². The van der Waals surface area contributed by atoms with E-state index in [4.69, 9.17) is 14.2 Å². The van der Waals surface area contributed by atoms with Gasteiger partial charge in [-0.2, -0.15) is 0 Å². The van der Waals surface area contributed by atoms with Crippen LogP contribution >= 0.6 is 0 Å². The molecule has 57 heavy (non-hydrogen) atoms. The number of carbonyl (C=O) groups excluding carboxylic acids is 4. The second-order valence-electron chi connectivity index (χ2n) is 12.9. The van der Waals surface area contributed by atoms with Crippen molar-refractivity contribution in [1.29, 1.82) is 0 Å². The number of ether oxygens (including phenoxy) is 3. The van der Waals surface area contributed by atoms with Crippen molar-refractivity contribution in [3.63, 3.8) is 0 Å². The third kappa shape index (κ3) is 10.4. The molecule has 296 valence electrons. The Morgan fingerprint density at radius 2 is 1.44 bits per heavy atom. The first kappa shape index (κ1) is 39.8. The van der Waals surface area contributed by atoms with Crippen LogP contribution in [-0.4, -0.2) is 90.5 Å². The molecule has 1 fully saturated rings. The Kier molecular flexibility index (Phi) is 13.3. The predicted molar refractivity (Wildman–Crippen MR) is 201 cm³/mol. The molecule has 2 aromatic heterocycles. The first-order valence-electron chi connectivity index (χ1n) is 18.0. The van der Waals surface area contributed by atoms with Crippen LogP contribution in [0.25, 0.3) is 11.2 Å². The highest BCUT2D eigenvalue weighted by Gasteiger charge is 2.50. The number of carboxylic acid groups (broad SMARTS) is 1. The number of aliphatic hydroxyl groups excluding tert-OH is 1. The molecule has 0 saturated carbocycles. The molecule has 6 N–H and O–H groups in total. The fraction of sp³-hybridized carbons (Fsp3) is 0.282. The van der Waals surface area contributed by atoms with Gasteiger partial charge in [0.1, 0.15) is 31.7 Å². The van der Waals surface area contributed by atoms with Gasteiger partial charge in [-0.3, -0.25) is 14.2 Å². The van der Waals surface area contributed by atoms with Crippen molar-refractivity contribution >= 4 is 47.0 Å². The molecule has 18 nitrogen and oxygen atoms in total. The van der Waals surface area contributed by atoms with Crippen LogP contribution in [0.5, 0.6) is 0 Å². The van der Waals surface area contributed by atoms with Crippen LogP contribution in [0.15, 0.2) is 104 Å². The lowest BCUT2D eigenvalue weighted by Gasteiger charge is -2.24. The molecule has 0 aliphatic carbocycles. The highest BCUT2D eigenvalue weighted by atomic mass is 16.6. The van der Waals surface area contributed by atoms with Gasteiger partial charge in [-0.05, 0) is 42.5 Å². The lowest BCUT2D eigenvalue weighted by molar-refractivity contribution is -0.152. The van der Waals surface area contributed by atoms with E-state index < -0.39 is 60.5 Å². The zero-order chi connectivity index (χ0) is 40.1. The van der Waals surface area contributed by atoms with Crippen molar-refractivity contribution in [2.24, 2.45) is 0 Å². The highest BCUT2D eigenvalue weighted by Crippen LogP contribution is 2.33. The Hall–Kier alpha value is -6.92. The van der Waals surface area contributed by atoms with E-state index >= 15 is 0 Å². The quantitative estimate of drug-likeness (QED) is 0.0789. The van der Waals surface area contributed by atoms with Crippen LogP contribution in [0, 0.1) is 0 Å². The molecule has 1 saturated heterocycles. The number of carbonyl (C=O) groups is 5. The Balaban J connectivity index is 1.11. The lowest BCUT2D eigenvalue weighted by Crippen LogP contribution is -2.55. The molecular weight excluding hydrogens is 740 g/mol. The molecule has 4 amide bonds. The molecule has 1 aliphatic rings. The average molecular weight is 781 g/mol. The number of rotatable bonds is 16. The minimum Gasteiger partial charge on any atom is -0.479 e. The molecular formula is C39H40N8O10. The monoisotopic (exact) mass is 780 g/mol. The van der Waals surface area contributed by atoms with E-state index in [0.29, 0.717) is 24.0 Å². The average Bonchev–Trinajstić information content (AvgIpc) is 3.80. The number of imidazole rings is 1. The molecule has 3 aromatic carbocycles. The van der Waals surface area contributed by atoms with Gasteiger partial charge in [-0.25, -0.2) is 29.3 Å². The van der Waals surface area contributed by atoms with Crippen LogP contribution in [0.1, 0.15) is 47.0 Å². The molecule has 3 heterocycles. The second-order valence-corrected chi connectivity index (χ2v) is 12.9. The number of nitrogens with zero attached hydrogens (tertiary/aromatic N) is 4. The number of hydrogen-bond acceptors (Lipinski definition) is 12. The zero-order valence-electron chi connectivity index (χ0n) is 30.4. The fourth-order valence-electron chi connectivity index (χ4n) is 6.05. The van der Waals surface area contributed by atoms with Gasteiger partial charge in [0.2, 0.25) is 5.91 Å². The number of amides is 4. The van der Waals surface area contributed by atoms with E-state index in [1.807, 2.05) is 36.4 Å². The van der Waals surface area contributed by atoms with Crippen LogP contribution in [-0.2, 0) is 37.0 Å². The summed E-state index contributed by atoms with van der Waals surface area (Å²) in [7, 11) is 0. The minimum absolute atomic E-state index is 0.0540. The summed E-state index contributed by atoms with van der Waals surface area (Å²) in [5.41, 5.74) is 2.14. The molecule has 0 spiro atoms. The summed E-state index contributed by atoms with van der Waals surface area (Å²) in [4.78, 5) is 76.7. The van der Waals surface area contributed by atoms with Crippen molar-refractivity contribution in [3.05, 3.63) is 120 Å². The number of aliphatic hydroxyl groups is 1. The number of hydrogen-bond donors (Lipinski definition) is 6. The SMILES string of the molecule is O=C(NCCCC[C@H](NC(=O)OCc1ccccc1)C(=O)N[C@H]1[C@@H](O)[C@H](n2cnc3c(NC(=O)c4ccccc4)ncnc32)O[C@@H]1C(=O)O)OCc1ccccc1. The molecule has 6 rings (SSSR count). The molecule has 0 unspecified atom stereocenters. The number of fused-ring (bicyclic) bond motifs is 1. The van der Waals surface area contributed by atoms with Crippen molar-refractivity contribution in [2.45, 2.75) is 63.0 Å². The van der Waals surface area contributed by atoms with E-state index in [9.17, 15) is 34.2 Å². The maximum Gasteiger partial charge on any atom is 0.408 e. The summed E-state index contributed by atoms with van der Waals surface area (Å²) in [5, 5.41) is 32.0. The minimum atomic E-state index is -1.73. The third-order valence-corrected chi connectivity index (χ3v) is 8.95. The molecule has 5 atom stereocenters. The van der Waals surface area contributed by atoms with Crippen LogP contribution in [0.4, 0.5) is 15.4 Å². The van der Waals surface area contributed by atoms with Gasteiger partial charge in [0.15, 0.2) is 29.3 Å². The number of aliphatic carboxylic acids is 1. The van der Waals surface area contributed by atoms with Gasteiger partial charge in [-0.1, -0.05) is 78.9 Å². The Morgan fingerprint density at radius 1 is 0.807 bits per heavy atom. The third-order valence-electron chi connectivity index (χ3n) is 8.95. The van der Waals surface area contributed by atoms with Crippen LogP contribution in [0.3, 0.4) is 0 Å². The van der Waals surface area contributed by atoms with Crippen molar-refractivity contribution in [1.82, 2.24) is 35.5 Å². The molecule has 1 aliphatic heterocycles. The molecule has 0 bridgehead atoms. The lowest BCUT2D eigenvalue weighted by atomic mass is 10.0. The number of alkyl carbamates (subject to hydrolysis) is 2. The smallest absolute Gasteiger partial charge is 0.408 e. The fourth-order valence-corrected chi connectivity index (χ4v) is 6.05. The largest absolute Gasteiger partial charge is 0.479 e. The normalized spacial score (nSPS) is 17.9. The molecule has 0 radical (unpaired) electrons. The maximum atomic E-state index is 13.8. The summed E-state index contributed by atoms with van der Waals surface area (Å²) in [6.07, 6.45) is -3.13. The van der Waals surface area contributed by atoms with Crippen molar-refractivity contribution in [2.75, 3.05) is 11.9 Å². The summed E-state index contributed by atoms with van der Waals surface area (Å²) in [6, 6.07) is 23.7. The Morgan fingerprint density at radius 3 is 2.09 bits per heavy atom. The first-order chi connectivity index (χ1) is 27.7. The molecule has 5 aromatic rings. The van der Waals surface area contributed by atoms with Gasteiger partial charge < -0.3 is 45.7 Å².